The van der Waals surface area contributed by atoms with Crippen LogP contribution in [0.1, 0.15) is 44.8 Å². The van der Waals surface area contributed by atoms with Crippen LogP contribution in [0.3, 0.4) is 0 Å². The average Bonchev–Trinajstić information content (AvgIpc) is 2.79. The molecular weight excluding hydrogens is 190 g/mol. The Kier molecular flexibility index (Phi) is 3.05. The molecule has 0 aromatic carbocycles. The van der Waals surface area contributed by atoms with Gasteiger partial charge in [-0.05, 0) is 25.8 Å². The molecule has 0 amide bonds. The van der Waals surface area contributed by atoms with Crippen LogP contribution in [0.4, 0.5) is 0 Å². The van der Waals surface area contributed by atoms with E-state index in [0.29, 0.717) is 0 Å². The third kappa shape index (κ3) is 1.91. The molecule has 2 heterocycles. The number of rotatable bonds is 3. The van der Waals surface area contributed by atoms with Crippen molar-refractivity contribution >= 4 is 0 Å². The second kappa shape index (κ2) is 4.31. The number of hydrogen-bond acceptors (Lipinski definition) is 4. The van der Waals surface area contributed by atoms with Gasteiger partial charge in [-0.1, -0.05) is 19.0 Å². The summed E-state index contributed by atoms with van der Waals surface area (Å²) >= 11 is 0. The number of nitrogens with one attached hydrogen (secondary N) is 1. The maximum absolute atomic E-state index is 5.39. The molecule has 0 radical (unpaired) electrons. The predicted molar refractivity (Wildman–Crippen MR) is 57.7 cm³/mol. The Balaban J connectivity index is 2.24. The summed E-state index contributed by atoms with van der Waals surface area (Å²) in [5, 5.41) is 7.41. The Morgan fingerprint density at radius 3 is 2.87 bits per heavy atom. The van der Waals surface area contributed by atoms with Gasteiger partial charge in [-0.3, -0.25) is 0 Å². The van der Waals surface area contributed by atoms with Crippen LogP contribution in [0.25, 0.3) is 0 Å². The first-order valence-corrected chi connectivity index (χ1v) is 5.84. The van der Waals surface area contributed by atoms with Crippen molar-refractivity contribution in [3.8, 4) is 0 Å². The highest BCUT2D eigenvalue weighted by atomic mass is 16.5. The molecule has 0 saturated carbocycles. The third-order valence-electron chi connectivity index (χ3n) is 3.39. The molecule has 1 aromatic rings. The molecule has 1 aromatic heterocycles. The van der Waals surface area contributed by atoms with E-state index in [1.54, 1.807) is 0 Å². The molecule has 0 bridgehead atoms. The van der Waals surface area contributed by atoms with Crippen molar-refractivity contribution in [3.63, 3.8) is 0 Å². The summed E-state index contributed by atoms with van der Waals surface area (Å²) in [5.41, 5.74) is 0.0820. The lowest BCUT2D eigenvalue weighted by Gasteiger charge is -2.33. The second-order valence-electron chi connectivity index (χ2n) is 4.28. The van der Waals surface area contributed by atoms with E-state index in [-0.39, 0.29) is 5.41 Å². The number of piperidine rings is 1. The number of hydrogen-bond donors (Lipinski definition) is 1. The van der Waals surface area contributed by atoms with Gasteiger partial charge in [0.15, 0.2) is 5.82 Å². The van der Waals surface area contributed by atoms with Crippen molar-refractivity contribution < 1.29 is 4.52 Å². The Morgan fingerprint density at radius 2 is 2.33 bits per heavy atom. The molecule has 0 aliphatic carbocycles. The predicted octanol–water partition coefficient (Wildman–Crippen LogP) is 1.66. The van der Waals surface area contributed by atoms with Gasteiger partial charge in [-0.25, -0.2) is 0 Å². The van der Waals surface area contributed by atoms with Crippen molar-refractivity contribution in [3.05, 3.63) is 11.7 Å². The van der Waals surface area contributed by atoms with E-state index < -0.39 is 0 Å². The van der Waals surface area contributed by atoms with Crippen LogP contribution in [0, 0.1) is 0 Å². The van der Waals surface area contributed by atoms with E-state index in [0.717, 1.165) is 44.1 Å². The third-order valence-corrected chi connectivity index (χ3v) is 3.39. The molecule has 4 heteroatoms. The Bertz CT molecular complexity index is 315. The maximum Gasteiger partial charge on any atom is 0.234 e. The van der Waals surface area contributed by atoms with Gasteiger partial charge in [0.2, 0.25) is 5.89 Å². The van der Waals surface area contributed by atoms with E-state index in [4.69, 9.17) is 4.52 Å². The standard InChI is InChI=1S/C11H19N3O/c1-3-9-13-10(15-14-9)11(4-2)6-5-7-12-8-11/h12H,3-8H2,1-2H3. The van der Waals surface area contributed by atoms with E-state index in [2.05, 4.69) is 22.4 Å². The van der Waals surface area contributed by atoms with Crippen molar-refractivity contribution in [2.45, 2.75) is 44.9 Å². The van der Waals surface area contributed by atoms with Gasteiger partial charge in [0.25, 0.3) is 0 Å². The topological polar surface area (TPSA) is 51.0 Å². The van der Waals surface area contributed by atoms with E-state index in [1.165, 1.54) is 6.42 Å². The van der Waals surface area contributed by atoms with Gasteiger partial charge in [-0.2, -0.15) is 4.98 Å². The SMILES string of the molecule is CCc1noc(C2(CC)CCCNC2)n1. The summed E-state index contributed by atoms with van der Waals surface area (Å²) in [7, 11) is 0. The smallest absolute Gasteiger partial charge is 0.234 e. The normalized spacial score (nSPS) is 26.8. The van der Waals surface area contributed by atoms with Crippen LogP contribution in [0.5, 0.6) is 0 Å². The van der Waals surface area contributed by atoms with E-state index in [1.807, 2.05) is 6.92 Å². The van der Waals surface area contributed by atoms with Gasteiger partial charge in [0.1, 0.15) is 0 Å². The van der Waals surface area contributed by atoms with Crippen molar-refractivity contribution in [1.29, 1.82) is 0 Å². The number of aromatic nitrogens is 2. The lowest BCUT2D eigenvalue weighted by molar-refractivity contribution is 0.220. The van der Waals surface area contributed by atoms with Crippen molar-refractivity contribution in [2.24, 2.45) is 0 Å². The monoisotopic (exact) mass is 209 g/mol. The van der Waals surface area contributed by atoms with Crippen LogP contribution in [0.15, 0.2) is 4.52 Å². The molecule has 84 valence electrons. The second-order valence-corrected chi connectivity index (χ2v) is 4.28. The maximum atomic E-state index is 5.39. The summed E-state index contributed by atoms with van der Waals surface area (Å²) in [6, 6.07) is 0. The number of nitrogens with zero attached hydrogens (tertiary/aromatic N) is 2. The molecule has 0 spiro atoms. The average molecular weight is 209 g/mol. The zero-order valence-corrected chi connectivity index (χ0v) is 9.55. The molecule has 1 aliphatic heterocycles. The highest BCUT2D eigenvalue weighted by molar-refractivity contribution is 5.08. The van der Waals surface area contributed by atoms with Crippen LogP contribution >= 0.6 is 0 Å². The fraction of sp³-hybridized carbons (Fsp3) is 0.818. The zero-order chi connectivity index (χ0) is 10.7. The highest BCUT2D eigenvalue weighted by Crippen LogP contribution is 2.33. The van der Waals surface area contributed by atoms with Gasteiger partial charge >= 0.3 is 0 Å². The first-order valence-electron chi connectivity index (χ1n) is 5.84. The molecule has 1 N–H and O–H groups in total. The lowest BCUT2D eigenvalue weighted by Crippen LogP contribution is -2.43. The van der Waals surface area contributed by atoms with Gasteiger partial charge in [-0.15, -0.1) is 0 Å². The Morgan fingerprint density at radius 1 is 1.47 bits per heavy atom. The van der Waals surface area contributed by atoms with Gasteiger partial charge in [0.05, 0.1) is 5.41 Å². The molecule has 1 aliphatic rings. The largest absolute Gasteiger partial charge is 0.339 e. The quantitative estimate of drug-likeness (QED) is 0.822. The summed E-state index contributed by atoms with van der Waals surface area (Å²) in [5.74, 6) is 1.65. The first kappa shape index (κ1) is 10.6. The molecular formula is C11H19N3O. The molecule has 15 heavy (non-hydrogen) atoms. The van der Waals surface area contributed by atoms with E-state index in [9.17, 15) is 0 Å². The van der Waals surface area contributed by atoms with Crippen LogP contribution in [0.2, 0.25) is 0 Å². The fourth-order valence-corrected chi connectivity index (χ4v) is 2.22. The molecule has 2 rings (SSSR count). The minimum Gasteiger partial charge on any atom is -0.339 e. The van der Waals surface area contributed by atoms with Crippen LogP contribution < -0.4 is 5.32 Å². The molecule has 1 atom stereocenters. The molecule has 1 fully saturated rings. The highest BCUT2D eigenvalue weighted by Gasteiger charge is 2.37. The van der Waals surface area contributed by atoms with Crippen molar-refractivity contribution in [1.82, 2.24) is 15.5 Å². The minimum atomic E-state index is 0.0820. The summed E-state index contributed by atoms with van der Waals surface area (Å²) in [6.45, 7) is 6.32. The lowest BCUT2D eigenvalue weighted by atomic mass is 9.78. The number of aryl methyl sites for hydroxylation is 1. The summed E-state index contributed by atoms with van der Waals surface area (Å²) in [6.07, 6.45) is 4.25. The van der Waals surface area contributed by atoms with Crippen LogP contribution in [-0.2, 0) is 11.8 Å². The molecule has 1 unspecified atom stereocenters. The molecule has 4 nitrogen and oxygen atoms in total. The van der Waals surface area contributed by atoms with E-state index >= 15 is 0 Å². The van der Waals surface area contributed by atoms with Gasteiger partial charge in [0, 0.05) is 13.0 Å². The zero-order valence-electron chi connectivity index (χ0n) is 9.55. The van der Waals surface area contributed by atoms with Gasteiger partial charge < -0.3 is 9.84 Å². The molecule has 1 saturated heterocycles. The summed E-state index contributed by atoms with van der Waals surface area (Å²) in [4.78, 5) is 4.48. The minimum absolute atomic E-state index is 0.0820. The van der Waals surface area contributed by atoms with Crippen molar-refractivity contribution in [2.75, 3.05) is 13.1 Å². The first-order chi connectivity index (χ1) is 7.30. The van der Waals surface area contributed by atoms with Crippen LogP contribution in [-0.4, -0.2) is 23.2 Å². The Hall–Kier alpha value is -0.900. The fourth-order valence-electron chi connectivity index (χ4n) is 2.22. The summed E-state index contributed by atoms with van der Waals surface area (Å²) < 4.78 is 5.39. The Labute approximate surface area is 90.4 Å².